The predicted molar refractivity (Wildman–Crippen MR) is 66.4 cm³/mol. The third kappa shape index (κ3) is 2.67. The molecule has 1 aliphatic heterocycles. The summed E-state index contributed by atoms with van der Waals surface area (Å²) >= 11 is 1.19. The van der Waals surface area contributed by atoms with E-state index < -0.39 is 16.9 Å². The minimum atomic E-state index is -0.562. The molecule has 0 spiro atoms. The van der Waals surface area contributed by atoms with Gasteiger partial charge in [-0.2, -0.15) is 0 Å². The Morgan fingerprint density at radius 2 is 2.28 bits per heavy atom. The molecule has 0 aliphatic carbocycles. The maximum atomic E-state index is 11.8. The van der Waals surface area contributed by atoms with E-state index in [0.717, 1.165) is 0 Å². The molecule has 1 atom stereocenters. The number of rotatable bonds is 3. The molecule has 1 N–H and O–H groups in total. The van der Waals surface area contributed by atoms with Gasteiger partial charge in [-0.15, -0.1) is 0 Å². The highest BCUT2D eigenvalue weighted by atomic mass is 32.2. The lowest BCUT2D eigenvalue weighted by atomic mass is 10.1. The van der Waals surface area contributed by atoms with E-state index in [4.69, 9.17) is 0 Å². The zero-order chi connectivity index (χ0) is 13.1. The second kappa shape index (κ2) is 5.18. The van der Waals surface area contributed by atoms with E-state index in [1.807, 2.05) is 0 Å². The van der Waals surface area contributed by atoms with Crippen LogP contribution in [0, 0.1) is 10.1 Å². The Balaban J connectivity index is 2.11. The van der Waals surface area contributed by atoms with E-state index in [0.29, 0.717) is 12.2 Å². The fourth-order valence-electron chi connectivity index (χ4n) is 1.63. The third-order valence-electron chi connectivity index (χ3n) is 2.56. The molecule has 1 aromatic carbocycles. The molecule has 94 valence electrons. The third-order valence-corrected chi connectivity index (χ3v) is 3.57. The molecule has 0 saturated carbocycles. The van der Waals surface area contributed by atoms with Crippen molar-refractivity contribution < 1.29 is 14.5 Å². The van der Waals surface area contributed by atoms with Crippen molar-refractivity contribution in [2.24, 2.45) is 0 Å². The number of nitrogens with zero attached hydrogens (tertiary/aromatic N) is 1. The van der Waals surface area contributed by atoms with Crippen molar-refractivity contribution in [2.75, 3.05) is 5.75 Å². The Hall–Kier alpha value is -1.89. The Labute approximate surface area is 107 Å². The first kappa shape index (κ1) is 12.6. The van der Waals surface area contributed by atoms with Crippen LogP contribution < -0.4 is 5.32 Å². The van der Waals surface area contributed by atoms with Crippen molar-refractivity contribution in [3.63, 3.8) is 0 Å². The van der Waals surface area contributed by atoms with Crippen molar-refractivity contribution in [3.05, 3.63) is 39.9 Å². The quantitative estimate of drug-likeness (QED) is 0.659. The number of hydrogen-bond acceptors (Lipinski definition) is 5. The Morgan fingerprint density at radius 3 is 2.89 bits per heavy atom. The number of thioether (sulfide) groups is 1. The average molecular weight is 266 g/mol. The maximum absolute atomic E-state index is 11.8. The molecule has 1 fully saturated rings. The van der Waals surface area contributed by atoms with Crippen LogP contribution in [0.2, 0.25) is 0 Å². The number of nitro groups is 1. The van der Waals surface area contributed by atoms with Crippen molar-refractivity contribution in [1.82, 2.24) is 5.32 Å². The summed E-state index contributed by atoms with van der Waals surface area (Å²) in [6, 6.07) is 4.95. The summed E-state index contributed by atoms with van der Waals surface area (Å²) in [6.45, 7) is 0. The van der Waals surface area contributed by atoms with Crippen LogP contribution in [0.4, 0.5) is 5.69 Å². The van der Waals surface area contributed by atoms with Gasteiger partial charge in [0.15, 0.2) is 0 Å². The fourth-order valence-corrected chi connectivity index (χ4v) is 2.56. The lowest BCUT2D eigenvalue weighted by molar-refractivity contribution is -0.384. The molecule has 1 aliphatic rings. The molecular weight excluding hydrogens is 256 g/mol. The van der Waals surface area contributed by atoms with E-state index in [1.165, 1.54) is 36.0 Å². The molecule has 18 heavy (non-hydrogen) atoms. The van der Waals surface area contributed by atoms with E-state index in [2.05, 4.69) is 5.32 Å². The molecule has 7 heteroatoms. The Bertz CT molecular complexity index is 518. The van der Waals surface area contributed by atoms with Crippen LogP contribution >= 0.6 is 11.8 Å². The first-order valence-electron chi connectivity index (χ1n) is 5.30. The van der Waals surface area contributed by atoms with Gasteiger partial charge < -0.3 is 5.32 Å². The number of nitro benzene ring substituents is 1. The molecule has 2 rings (SSSR count). The van der Waals surface area contributed by atoms with Crippen molar-refractivity contribution in [2.45, 2.75) is 12.5 Å². The van der Waals surface area contributed by atoms with Crippen LogP contribution in [-0.2, 0) is 4.79 Å². The fraction of sp³-hybridized carbons (Fsp3) is 0.273. The summed E-state index contributed by atoms with van der Waals surface area (Å²) in [6.07, 6.45) is 0.601. The van der Waals surface area contributed by atoms with Gasteiger partial charge in [-0.3, -0.25) is 19.7 Å². The van der Waals surface area contributed by atoms with E-state index >= 15 is 0 Å². The second-order valence-electron chi connectivity index (χ2n) is 3.79. The van der Waals surface area contributed by atoms with E-state index in [-0.39, 0.29) is 16.4 Å². The number of hydrogen-bond donors (Lipinski definition) is 1. The zero-order valence-electron chi connectivity index (χ0n) is 9.29. The maximum Gasteiger partial charge on any atom is 0.270 e. The van der Waals surface area contributed by atoms with Gasteiger partial charge in [0.1, 0.15) is 0 Å². The summed E-state index contributed by atoms with van der Waals surface area (Å²) in [5.41, 5.74) is 0.0451. The average Bonchev–Trinajstić information content (AvgIpc) is 2.75. The van der Waals surface area contributed by atoms with Crippen LogP contribution in [-0.4, -0.2) is 27.7 Å². The smallest absolute Gasteiger partial charge is 0.270 e. The molecule has 0 bridgehead atoms. The lowest BCUT2D eigenvalue weighted by Gasteiger charge is -2.09. The van der Waals surface area contributed by atoms with Crippen LogP contribution in [0.1, 0.15) is 16.8 Å². The van der Waals surface area contributed by atoms with Crippen LogP contribution in [0.15, 0.2) is 24.3 Å². The second-order valence-corrected chi connectivity index (χ2v) is 4.89. The lowest BCUT2D eigenvalue weighted by Crippen LogP contribution is -2.37. The molecule has 1 saturated heterocycles. The highest BCUT2D eigenvalue weighted by Crippen LogP contribution is 2.20. The summed E-state index contributed by atoms with van der Waals surface area (Å²) in [5, 5.41) is 13.1. The van der Waals surface area contributed by atoms with Gasteiger partial charge in [-0.1, -0.05) is 17.8 Å². The molecular formula is C11H10N2O4S. The van der Waals surface area contributed by atoms with Crippen LogP contribution in [0.3, 0.4) is 0 Å². The monoisotopic (exact) mass is 266 g/mol. The topological polar surface area (TPSA) is 89.3 Å². The molecule has 0 aromatic heterocycles. The zero-order valence-corrected chi connectivity index (χ0v) is 10.1. The number of carbonyl (C=O) groups excluding carboxylic acids is 2. The highest BCUT2D eigenvalue weighted by Gasteiger charge is 2.27. The first-order valence-corrected chi connectivity index (χ1v) is 6.28. The normalized spacial score (nSPS) is 18.7. The van der Waals surface area contributed by atoms with E-state index in [9.17, 15) is 19.7 Å². The first-order chi connectivity index (χ1) is 8.58. The number of nitrogens with one attached hydrogen (secondary N) is 1. The van der Waals surface area contributed by atoms with Gasteiger partial charge in [-0.05, 0) is 12.5 Å². The van der Waals surface area contributed by atoms with Gasteiger partial charge in [-0.25, -0.2) is 0 Å². The minimum Gasteiger partial charge on any atom is -0.341 e. The van der Waals surface area contributed by atoms with Gasteiger partial charge in [0, 0.05) is 23.4 Å². The van der Waals surface area contributed by atoms with Crippen molar-refractivity contribution in [1.29, 1.82) is 0 Å². The standard InChI is InChI=1S/C11H10N2O4S/c14-10(12-9-4-5-18-11(9)15)7-2-1-3-8(6-7)13(16)17/h1-3,6,9H,4-5H2,(H,12,14)/t9-/m0/s1. The Kier molecular flexibility index (Phi) is 3.61. The van der Waals surface area contributed by atoms with Crippen molar-refractivity contribution in [3.8, 4) is 0 Å². The SMILES string of the molecule is O=C(N[C@H]1CCSC1=O)c1cccc([N+](=O)[O-])c1. The summed E-state index contributed by atoms with van der Waals surface area (Å²) in [5.74, 6) is 0.234. The minimum absolute atomic E-state index is 0.0613. The van der Waals surface area contributed by atoms with Gasteiger partial charge in [0.25, 0.3) is 11.6 Å². The summed E-state index contributed by atoms with van der Waals surface area (Å²) < 4.78 is 0. The van der Waals surface area contributed by atoms with E-state index in [1.54, 1.807) is 0 Å². The molecule has 6 nitrogen and oxygen atoms in total. The summed E-state index contributed by atoms with van der Waals surface area (Å²) in [4.78, 5) is 33.2. The Morgan fingerprint density at radius 1 is 1.50 bits per heavy atom. The largest absolute Gasteiger partial charge is 0.341 e. The van der Waals surface area contributed by atoms with Crippen molar-refractivity contribution >= 4 is 28.5 Å². The van der Waals surface area contributed by atoms with Gasteiger partial charge >= 0.3 is 0 Å². The van der Waals surface area contributed by atoms with Crippen LogP contribution in [0.5, 0.6) is 0 Å². The number of benzene rings is 1. The summed E-state index contributed by atoms with van der Waals surface area (Å²) in [7, 11) is 0. The molecule has 1 amide bonds. The molecule has 1 aromatic rings. The van der Waals surface area contributed by atoms with Crippen LogP contribution in [0.25, 0.3) is 0 Å². The molecule has 0 radical (unpaired) electrons. The molecule has 0 unspecified atom stereocenters. The van der Waals surface area contributed by atoms with Gasteiger partial charge in [0.2, 0.25) is 5.12 Å². The highest BCUT2D eigenvalue weighted by molar-refractivity contribution is 8.14. The molecule has 1 heterocycles. The number of carbonyl (C=O) groups is 2. The number of amides is 1. The van der Waals surface area contributed by atoms with Gasteiger partial charge in [0.05, 0.1) is 11.0 Å². The number of non-ortho nitro benzene ring substituents is 1. The predicted octanol–water partition coefficient (Wildman–Crippen LogP) is 1.36.